The number of rotatable bonds is 9. The first-order valence-corrected chi connectivity index (χ1v) is 12.5. The molecular weight excluding hydrogens is 457 g/mol. The second-order valence-corrected chi connectivity index (χ2v) is 9.83. The molecule has 0 aliphatic carbocycles. The van der Waals surface area contributed by atoms with Crippen LogP contribution in [-0.2, 0) is 21.2 Å². The fraction of sp³-hybridized carbons (Fsp3) is 0.292. The molecular formula is C24H26FN5O3S. The number of amides is 1. The van der Waals surface area contributed by atoms with Crippen molar-refractivity contribution in [1.82, 2.24) is 19.8 Å². The van der Waals surface area contributed by atoms with Crippen LogP contribution in [0.4, 0.5) is 4.39 Å². The number of carbonyl (C=O) groups is 1. The van der Waals surface area contributed by atoms with Crippen LogP contribution >= 0.6 is 0 Å². The minimum atomic E-state index is -3.61. The lowest BCUT2D eigenvalue weighted by Crippen LogP contribution is -2.31. The smallest absolute Gasteiger partial charge is 0.263 e. The zero-order valence-electron chi connectivity index (χ0n) is 18.8. The number of aryl methyl sites for hydroxylation is 1. The van der Waals surface area contributed by atoms with Crippen LogP contribution in [0.3, 0.4) is 0 Å². The summed E-state index contributed by atoms with van der Waals surface area (Å²) < 4.78 is 39.7. The largest absolute Gasteiger partial charge is 0.344 e. The summed E-state index contributed by atoms with van der Waals surface area (Å²) in [5.74, 6) is -0.241. The highest BCUT2D eigenvalue weighted by atomic mass is 32.2. The number of fused-ring (bicyclic) bond motifs is 1. The third-order valence-corrected chi connectivity index (χ3v) is 7.07. The average Bonchev–Trinajstić information content (AvgIpc) is 3.40. The number of benzene rings is 2. The Morgan fingerprint density at radius 1 is 1.09 bits per heavy atom. The van der Waals surface area contributed by atoms with Crippen molar-refractivity contribution in [2.45, 2.75) is 30.6 Å². The third kappa shape index (κ3) is 5.51. The van der Waals surface area contributed by atoms with E-state index in [2.05, 4.69) is 19.9 Å². The van der Waals surface area contributed by atoms with Gasteiger partial charge >= 0.3 is 0 Å². The number of unbranched alkanes of at least 4 members (excludes halogenated alkanes) is 2. The highest BCUT2D eigenvalue weighted by Gasteiger charge is 2.30. The van der Waals surface area contributed by atoms with Gasteiger partial charge in [-0.25, -0.2) is 12.8 Å². The van der Waals surface area contributed by atoms with Crippen molar-refractivity contribution < 1.29 is 17.6 Å². The molecule has 2 N–H and O–H groups in total. The van der Waals surface area contributed by atoms with Crippen LogP contribution in [0.1, 0.15) is 30.5 Å². The Morgan fingerprint density at radius 2 is 1.85 bits per heavy atom. The van der Waals surface area contributed by atoms with E-state index in [0.29, 0.717) is 12.1 Å². The van der Waals surface area contributed by atoms with Crippen LogP contribution in [0.15, 0.2) is 64.5 Å². The van der Waals surface area contributed by atoms with Gasteiger partial charge in [0.1, 0.15) is 18.2 Å². The zero-order valence-corrected chi connectivity index (χ0v) is 19.6. The van der Waals surface area contributed by atoms with Crippen molar-refractivity contribution in [3.05, 3.63) is 71.7 Å². The number of H-pyrrole nitrogens is 1. The topological polar surface area (TPSA) is 108 Å². The Kier molecular flexibility index (Phi) is 7.06. The number of aromatic nitrogens is 2. The molecule has 4 rings (SSSR count). The predicted octanol–water partition coefficient (Wildman–Crippen LogP) is 3.13. The molecule has 0 bridgehead atoms. The Morgan fingerprint density at radius 3 is 2.65 bits per heavy atom. The standard InChI is InChI=1S/C24H26FN5O3S/c1-30(23(31)16-26-24-20-8-4-5-9-22(20)34(32,33)29-24)14-6-2-3-7-19-15-21(28-27-19)17-10-12-18(25)13-11-17/h4-5,8-13,15H,2-3,6-7,14,16H2,1H3,(H,26,29)(H,27,28). The number of sulfonamides is 1. The van der Waals surface area contributed by atoms with Gasteiger partial charge in [-0.15, -0.1) is 0 Å². The lowest BCUT2D eigenvalue weighted by atomic mass is 10.1. The van der Waals surface area contributed by atoms with Crippen LogP contribution in [0.5, 0.6) is 0 Å². The van der Waals surface area contributed by atoms with Crippen molar-refractivity contribution in [2.75, 3.05) is 20.1 Å². The molecule has 34 heavy (non-hydrogen) atoms. The number of nitrogens with one attached hydrogen (secondary N) is 2. The van der Waals surface area contributed by atoms with E-state index in [1.54, 1.807) is 42.3 Å². The predicted molar refractivity (Wildman–Crippen MR) is 127 cm³/mol. The molecule has 0 unspecified atom stereocenters. The highest BCUT2D eigenvalue weighted by Crippen LogP contribution is 2.22. The number of nitrogens with zero attached hydrogens (tertiary/aromatic N) is 3. The number of hydrogen-bond acceptors (Lipinski definition) is 5. The number of amidine groups is 1. The molecule has 1 aliphatic rings. The van der Waals surface area contributed by atoms with Gasteiger partial charge in [0, 0.05) is 30.4 Å². The summed E-state index contributed by atoms with van der Waals surface area (Å²) in [5.41, 5.74) is 3.15. The molecule has 3 aromatic rings. The lowest BCUT2D eigenvalue weighted by Gasteiger charge is -2.16. The summed E-state index contributed by atoms with van der Waals surface area (Å²) in [6, 6.07) is 14.8. The number of aliphatic imine (C=N–C) groups is 1. The maximum atomic E-state index is 13.1. The molecule has 1 amide bonds. The molecule has 2 heterocycles. The van der Waals surface area contributed by atoms with Gasteiger partial charge in [0.2, 0.25) is 5.91 Å². The van der Waals surface area contributed by atoms with E-state index >= 15 is 0 Å². The lowest BCUT2D eigenvalue weighted by molar-refractivity contribution is -0.128. The summed E-state index contributed by atoms with van der Waals surface area (Å²) in [7, 11) is -1.89. The van der Waals surface area contributed by atoms with E-state index < -0.39 is 10.0 Å². The molecule has 8 nitrogen and oxygen atoms in total. The van der Waals surface area contributed by atoms with Crippen LogP contribution < -0.4 is 4.72 Å². The van der Waals surface area contributed by atoms with Crippen LogP contribution in [0.25, 0.3) is 11.3 Å². The summed E-state index contributed by atoms with van der Waals surface area (Å²) >= 11 is 0. The summed E-state index contributed by atoms with van der Waals surface area (Å²) in [4.78, 5) is 18.4. The second-order valence-electron chi connectivity index (χ2n) is 8.18. The molecule has 0 fully saturated rings. The fourth-order valence-corrected chi connectivity index (χ4v) is 4.99. The molecule has 10 heteroatoms. The maximum Gasteiger partial charge on any atom is 0.263 e. The number of carbonyl (C=O) groups excluding carboxylic acids is 1. The van der Waals surface area contributed by atoms with Crippen molar-refractivity contribution in [1.29, 1.82) is 0 Å². The van der Waals surface area contributed by atoms with Crippen LogP contribution in [0.2, 0.25) is 0 Å². The Hall–Kier alpha value is -3.53. The molecule has 1 aromatic heterocycles. The highest BCUT2D eigenvalue weighted by molar-refractivity contribution is 7.90. The second kappa shape index (κ2) is 10.2. The quantitative estimate of drug-likeness (QED) is 0.456. The minimum Gasteiger partial charge on any atom is -0.344 e. The number of likely N-dealkylation sites (N-methyl/N-ethyl adjacent to an activating group) is 1. The van der Waals surface area contributed by atoms with Gasteiger partial charge in [0.25, 0.3) is 10.0 Å². The Bertz CT molecular complexity index is 1300. The number of aromatic amines is 1. The molecule has 0 atom stereocenters. The van der Waals surface area contributed by atoms with Gasteiger partial charge in [-0.2, -0.15) is 5.10 Å². The third-order valence-electron chi connectivity index (χ3n) is 5.67. The van der Waals surface area contributed by atoms with E-state index in [0.717, 1.165) is 42.6 Å². The van der Waals surface area contributed by atoms with Crippen LogP contribution in [-0.4, -0.2) is 55.4 Å². The first-order valence-electron chi connectivity index (χ1n) is 11.0. The van der Waals surface area contributed by atoms with Gasteiger partial charge in [-0.05, 0) is 61.7 Å². The number of hydrogen-bond donors (Lipinski definition) is 2. The summed E-state index contributed by atoms with van der Waals surface area (Å²) in [6.07, 6.45) is 3.55. The van der Waals surface area contributed by atoms with Crippen molar-refractivity contribution in [2.24, 2.45) is 4.99 Å². The van der Waals surface area contributed by atoms with Crippen LogP contribution in [0, 0.1) is 5.82 Å². The molecule has 2 aromatic carbocycles. The van der Waals surface area contributed by atoms with Crippen molar-refractivity contribution in [3.63, 3.8) is 0 Å². The molecule has 0 spiro atoms. The minimum absolute atomic E-state index is 0.122. The van der Waals surface area contributed by atoms with E-state index in [1.807, 2.05) is 6.07 Å². The van der Waals surface area contributed by atoms with Gasteiger partial charge in [0.05, 0.1) is 10.6 Å². The maximum absolute atomic E-state index is 13.1. The van der Waals surface area contributed by atoms with Gasteiger partial charge < -0.3 is 4.90 Å². The SMILES string of the molecule is CN(CCCCCc1cc(-c2ccc(F)cc2)n[nH]1)C(=O)CN=C1NS(=O)(=O)c2ccccc21. The first-order chi connectivity index (χ1) is 16.3. The molecule has 0 saturated heterocycles. The van der Waals surface area contributed by atoms with E-state index in [4.69, 9.17) is 0 Å². The molecule has 1 aliphatic heterocycles. The summed E-state index contributed by atoms with van der Waals surface area (Å²) in [5, 5.41) is 7.31. The molecule has 0 saturated carbocycles. The van der Waals surface area contributed by atoms with Gasteiger partial charge in [0.15, 0.2) is 0 Å². The van der Waals surface area contributed by atoms with Gasteiger partial charge in [-0.1, -0.05) is 18.6 Å². The zero-order chi connectivity index (χ0) is 24.1. The van der Waals surface area contributed by atoms with E-state index in [-0.39, 0.29) is 29.0 Å². The normalized spacial score (nSPS) is 15.2. The van der Waals surface area contributed by atoms with Gasteiger partial charge in [-0.3, -0.25) is 19.6 Å². The number of halogens is 1. The first kappa shape index (κ1) is 23.6. The van der Waals surface area contributed by atoms with E-state index in [1.165, 1.54) is 18.2 Å². The monoisotopic (exact) mass is 483 g/mol. The van der Waals surface area contributed by atoms with E-state index in [9.17, 15) is 17.6 Å². The Balaban J connectivity index is 1.19. The Labute approximate surface area is 198 Å². The molecule has 178 valence electrons. The fourth-order valence-electron chi connectivity index (χ4n) is 3.74. The average molecular weight is 484 g/mol. The van der Waals surface area contributed by atoms with Crippen molar-refractivity contribution in [3.8, 4) is 11.3 Å². The molecule has 0 radical (unpaired) electrons. The summed E-state index contributed by atoms with van der Waals surface area (Å²) in [6.45, 7) is 0.471. The van der Waals surface area contributed by atoms with Crippen molar-refractivity contribution >= 4 is 21.8 Å².